The van der Waals surface area contributed by atoms with E-state index in [0.29, 0.717) is 10.7 Å². The van der Waals surface area contributed by atoms with Crippen molar-refractivity contribution < 1.29 is 22.2 Å². The average molecular weight is 358 g/mol. The number of aromatic nitrogens is 1. The van der Waals surface area contributed by atoms with Gasteiger partial charge in [-0.25, -0.2) is 9.98 Å². The maximum Gasteiger partial charge on any atom is 0.209 e. The monoisotopic (exact) mass is 357 g/mol. The number of rotatable bonds is 3. The first-order chi connectivity index (χ1) is 10.2. The number of phenolic OH excluding ortho intramolecular Hbond substituents is 1. The van der Waals surface area contributed by atoms with E-state index in [-0.39, 0.29) is 22.8 Å². The zero-order chi connectivity index (χ0) is 14.7. The summed E-state index contributed by atoms with van der Waals surface area (Å²) in [5.41, 5.74) is 3.92. The van der Waals surface area contributed by atoms with E-state index in [9.17, 15) is 5.11 Å². The molecular weight excluding hydrogens is 344 g/mol. The Hall–Kier alpha value is -1.94. The van der Waals surface area contributed by atoms with Crippen molar-refractivity contribution in [3.8, 4) is 17.0 Å². The molecule has 0 amide bonds. The summed E-state index contributed by atoms with van der Waals surface area (Å²) in [6.45, 7) is 2.06. The van der Waals surface area contributed by atoms with Gasteiger partial charge < -0.3 is 5.11 Å². The van der Waals surface area contributed by atoms with E-state index < -0.39 is 0 Å². The van der Waals surface area contributed by atoms with Crippen LogP contribution in [0.5, 0.6) is 5.75 Å². The van der Waals surface area contributed by atoms with Crippen LogP contribution in [0.3, 0.4) is 0 Å². The Morgan fingerprint density at radius 1 is 1.09 bits per heavy atom. The second-order valence-corrected chi connectivity index (χ2v) is 5.53. The van der Waals surface area contributed by atoms with Crippen molar-refractivity contribution in [2.45, 2.75) is 6.92 Å². The molecule has 1 heterocycles. The number of hydrogen-bond donors (Lipinski definition) is 1. The van der Waals surface area contributed by atoms with Gasteiger partial charge in [0.15, 0.2) is 0 Å². The van der Waals surface area contributed by atoms with Crippen molar-refractivity contribution in [1.82, 2.24) is 4.98 Å². The number of aromatic hydroxyl groups is 1. The molecule has 115 valence electrons. The minimum absolute atomic E-state index is 0. The summed E-state index contributed by atoms with van der Waals surface area (Å²) >= 11 is 1.48. The van der Waals surface area contributed by atoms with Gasteiger partial charge in [0.25, 0.3) is 0 Å². The largest absolute Gasteiger partial charge is 0.507 e. The summed E-state index contributed by atoms with van der Waals surface area (Å²) in [5, 5.41) is 12.4. The van der Waals surface area contributed by atoms with Gasteiger partial charge in [-0.2, -0.15) is 0 Å². The van der Waals surface area contributed by atoms with Crippen LogP contribution in [0.1, 0.15) is 11.1 Å². The van der Waals surface area contributed by atoms with Gasteiger partial charge in [-0.1, -0.05) is 42.0 Å². The van der Waals surface area contributed by atoms with Gasteiger partial charge >= 0.3 is 0 Å². The molecule has 1 N–H and O–H groups in total. The molecule has 3 aromatic rings. The molecule has 1 aromatic heterocycles. The average Bonchev–Trinajstić information content (AvgIpc) is 2.96. The van der Waals surface area contributed by atoms with Crippen LogP contribution in [0.25, 0.3) is 11.3 Å². The molecule has 3 nitrogen and oxygen atoms in total. The molecule has 0 aliphatic carbocycles. The van der Waals surface area contributed by atoms with Crippen LogP contribution in [-0.2, 0) is 17.1 Å². The normalized spacial score (nSPS) is 10.6. The standard InChI is InChI=1S/C17H14N2OS.Cu/c1-12-6-8-13(9-7-12)15-11-21-17(19-15)18-10-14-4-2-3-5-16(14)20;/h2-11,20H,1H3;. The molecule has 0 saturated heterocycles. The molecular formula is C17H14CuN2OS. The number of phenols is 1. The molecule has 0 aliphatic rings. The molecule has 0 fully saturated rings. The van der Waals surface area contributed by atoms with Gasteiger partial charge in [-0.05, 0) is 19.1 Å². The zero-order valence-corrected chi connectivity index (χ0v) is 13.6. The summed E-state index contributed by atoms with van der Waals surface area (Å²) in [4.78, 5) is 8.82. The summed E-state index contributed by atoms with van der Waals surface area (Å²) in [6.07, 6.45) is 1.63. The van der Waals surface area contributed by atoms with E-state index in [1.165, 1.54) is 16.9 Å². The molecule has 0 aliphatic heterocycles. The van der Waals surface area contributed by atoms with E-state index in [4.69, 9.17) is 0 Å². The number of hydrogen-bond acceptors (Lipinski definition) is 4. The number of benzene rings is 2. The van der Waals surface area contributed by atoms with Gasteiger partial charge in [0.1, 0.15) is 5.75 Å². The summed E-state index contributed by atoms with van der Waals surface area (Å²) in [6, 6.07) is 15.3. The second kappa shape index (κ2) is 7.36. The molecule has 0 bridgehead atoms. The van der Waals surface area contributed by atoms with Crippen molar-refractivity contribution in [3.05, 3.63) is 65.0 Å². The summed E-state index contributed by atoms with van der Waals surface area (Å²) in [7, 11) is 0. The summed E-state index contributed by atoms with van der Waals surface area (Å²) < 4.78 is 0. The Morgan fingerprint density at radius 2 is 1.82 bits per heavy atom. The van der Waals surface area contributed by atoms with E-state index >= 15 is 0 Å². The Labute approximate surface area is 143 Å². The number of para-hydroxylation sites is 1. The van der Waals surface area contributed by atoms with Gasteiger partial charge in [0.05, 0.1) is 5.69 Å². The van der Waals surface area contributed by atoms with E-state index in [0.717, 1.165) is 11.3 Å². The first-order valence-electron chi connectivity index (χ1n) is 6.57. The first kappa shape index (κ1) is 16.4. The van der Waals surface area contributed by atoms with Crippen LogP contribution in [0.15, 0.2) is 58.9 Å². The fourth-order valence-corrected chi connectivity index (χ4v) is 2.57. The van der Waals surface area contributed by atoms with Crippen LogP contribution in [0, 0.1) is 6.92 Å². The quantitative estimate of drug-likeness (QED) is 0.551. The number of thiazole rings is 1. The maximum absolute atomic E-state index is 9.69. The Kier molecular flexibility index (Phi) is 5.50. The van der Waals surface area contributed by atoms with Crippen LogP contribution in [0.2, 0.25) is 0 Å². The molecule has 0 saturated carbocycles. The van der Waals surface area contributed by atoms with Crippen LogP contribution in [-0.4, -0.2) is 16.3 Å². The SMILES string of the molecule is Cc1ccc(-c2csc(N=Cc3ccccc3O)n2)cc1.[Cu]. The van der Waals surface area contributed by atoms with Crippen LogP contribution < -0.4 is 0 Å². The fraction of sp³-hybridized carbons (Fsp3) is 0.0588. The Morgan fingerprint density at radius 3 is 2.55 bits per heavy atom. The van der Waals surface area contributed by atoms with Crippen molar-refractivity contribution >= 4 is 22.7 Å². The third-order valence-electron chi connectivity index (χ3n) is 3.09. The Bertz CT molecular complexity index is 781. The van der Waals surface area contributed by atoms with Gasteiger partial charge in [0, 0.05) is 39.8 Å². The van der Waals surface area contributed by atoms with Gasteiger partial charge in [0.2, 0.25) is 5.13 Å². The third-order valence-corrected chi connectivity index (χ3v) is 3.84. The number of aliphatic imine (C=N–C) groups is 1. The molecule has 0 atom stereocenters. The second-order valence-electron chi connectivity index (χ2n) is 4.70. The molecule has 5 heteroatoms. The van der Waals surface area contributed by atoms with E-state index in [1.807, 2.05) is 17.5 Å². The molecule has 3 rings (SSSR count). The first-order valence-corrected chi connectivity index (χ1v) is 7.45. The van der Waals surface area contributed by atoms with Crippen molar-refractivity contribution in [2.24, 2.45) is 4.99 Å². The zero-order valence-electron chi connectivity index (χ0n) is 11.8. The third kappa shape index (κ3) is 3.83. The summed E-state index contributed by atoms with van der Waals surface area (Å²) in [5.74, 6) is 0.219. The molecule has 1 radical (unpaired) electrons. The molecule has 0 spiro atoms. The smallest absolute Gasteiger partial charge is 0.209 e. The van der Waals surface area contributed by atoms with E-state index in [1.54, 1.807) is 18.3 Å². The Balaban J connectivity index is 0.00000176. The van der Waals surface area contributed by atoms with Crippen molar-refractivity contribution in [1.29, 1.82) is 0 Å². The van der Waals surface area contributed by atoms with Gasteiger partial charge in [-0.3, -0.25) is 0 Å². The number of nitrogens with zero attached hydrogens (tertiary/aromatic N) is 2. The fourth-order valence-electron chi connectivity index (χ4n) is 1.90. The number of aryl methyl sites for hydroxylation is 1. The molecule has 22 heavy (non-hydrogen) atoms. The van der Waals surface area contributed by atoms with Gasteiger partial charge in [-0.15, -0.1) is 11.3 Å². The predicted octanol–water partition coefficient (Wildman–Crippen LogP) is 4.57. The maximum atomic E-state index is 9.69. The molecule has 2 aromatic carbocycles. The van der Waals surface area contributed by atoms with Crippen LogP contribution >= 0.6 is 11.3 Å². The minimum atomic E-state index is 0. The van der Waals surface area contributed by atoms with Crippen molar-refractivity contribution in [3.63, 3.8) is 0 Å². The topological polar surface area (TPSA) is 45.5 Å². The predicted molar refractivity (Wildman–Crippen MR) is 87.6 cm³/mol. The van der Waals surface area contributed by atoms with Crippen molar-refractivity contribution in [2.75, 3.05) is 0 Å². The minimum Gasteiger partial charge on any atom is -0.507 e. The van der Waals surface area contributed by atoms with Crippen LogP contribution in [0.4, 0.5) is 5.13 Å². The van der Waals surface area contributed by atoms with E-state index in [2.05, 4.69) is 41.2 Å². The molecule has 0 unspecified atom stereocenters.